The zero-order chi connectivity index (χ0) is 17.9. The zero-order valence-electron chi connectivity index (χ0n) is 14.8. The molecule has 4 rings (SSSR count). The van der Waals surface area contributed by atoms with Crippen LogP contribution in [0.3, 0.4) is 0 Å². The van der Waals surface area contributed by atoms with Crippen molar-refractivity contribution in [3.05, 3.63) is 65.9 Å². The largest absolute Gasteiger partial charge is 0.294 e. The van der Waals surface area contributed by atoms with E-state index in [4.69, 9.17) is 5.10 Å². The average molecular weight is 347 g/mol. The molecule has 0 saturated heterocycles. The fourth-order valence-corrected chi connectivity index (χ4v) is 3.48. The minimum absolute atomic E-state index is 0.128. The van der Waals surface area contributed by atoms with Gasteiger partial charge in [0.2, 0.25) is 0 Å². The normalized spacial score (nSPS) is 13.7. The summed E-state index contributed by atoms with van der Waals surface area (Å²) in [5, 5.41) is 4.73. The Morgan fingerprint density at radius 2 is 1.88 bits per heavy atom. The number of para-hydroxylation sites is 1. The summed E-state index contributed by atoms with van der Waals surface area (Å²) in [7, 11) is 1.73. The number of amides is 1. The zero-order valence-corrected chi connectivity index (χ0v) is 14.8. The molecule has 0 fully saturated rings. The molecule has 132 valence electrons. The van der Waals surface area contributed by atoms with E-state index in [-0.39, 0.29) is 5.91 Å². The lowest BCUT2D eigenvalue weighted by atomic mass is 10.1. The number of fused-ring (bicyclic) bond motifs is 1. The first-order chi connectivity index (χ1) is 12.8. The van der Waals surface area contributed by atoms with E-state index in [1.807, 2.05) is 35.0 Å². The number of carbonyl (C=O) groups is 1. The van der Waals surface area contributed by atoms with Crippen LogP contribution in [-0.2, 0) is 12.8 Å². The Morgan fingerprint density at radius 1 is 1.08 bits per heavy atom. The number of rotatable bonds is 3. The van der Waals surface area contributed by atoms with E-state index < -0.39 is 0 Å². The first-order valence-corrected chi connectivity index (χ1v) is 8.96. The van der Waals surface area contributed by atoms with Crippen molar-refractivity contribution in [2.45, 2.75) is 32.1 Å². The third-order valence-corrected chi connectivity index (χ3v) is 4.85. The summed E-state index contributed by atoms with van der Waals surface area (Å²) in [5.74, 6) is 0.443. The van der Waals surface area contributed by atoms with Crippen LogP contribution in [0.4, 0.5) is 5.82 Å². The molecule has 0 saturated carbocycles. The first kappa shape index (κ1) is 16.4. The standard InChI is InChI=1S/C20H21N5O/c1-24(18-12-13-21-14-22-18)20(26)19-16-10-6-3-7-11-17(16)25(23-19)15-8-4-2-5-9-15/h2,4-5,8-9,12-14H,3,6-7,10-11H2,1H3. The van der Waals surface area contributed by atoms with E-state index in [0.29, 0.717) is 11.5 Å². The monoisotopic (exact) mass is 347 g/mol. The molecular formula is C20H21N5O. The Balaban J connectivity index is 1.79. The van der Waals surface area contributed by atoms with Crippen LogP contribution in [-0.4, -0.2) is 32.7 Å². The lowest BCUT2D eigenvalue weighted by molar-refractivity contribution is 0.0986. The van der Waals surface area contributed by atoms with Gasteiger partial charge < -0.3 is 0 Å². The molecular weight excluding hydrogens is 326 g/mol. The summed E-state index contributed by atoms with van der Waals surface area (Å²) in [6.07, 6.45) is 8.31. The van der Waals surface area contributed by atoms with Gasteiger partial charge in [0.1, 0.15) is 12.1 Å². The molecule has 1 amide bonds. The van der Waals surface area contributed by atoms with Crippen LogP contribution in [0.25, 0.3) is 5.69 Å². The van der Waals surface area contributed by atoms with Gasteiger partial charge >= 0.3 is 0 Å². The quantitative estimate of drug-likeness (QED) is 0.683. The molecule has 2 heterocycles. The Labute approximate surface area is 152 Å². The van der Waals surface area contributed by atoms with E-state index in [1.165, 1.54) is 12.7 Å². The summed E-state index contributed by atoms with van der Waals surface area (Å²) < 4.78 is 1.95. The minimum atomic E-state index is -0.128. The van der Waals surface area contributed by atoms with E-state index >= 15 is 0 Å². The molecule has 3 aromatic rings. The number of hydrogen-bond donors (Lipinski definition) is 0. The summed E-state index contributed by atoms with van der Waals surface area (Å²) in [6.45, 7) is 0. The number of carbonyl (C=O) groups excluding carboxylic acids is 1. The summed E-state index contributed by atoms with van der Waals surface area (Å²) in [6, 6.07) is 11.8. The van der Waals surface area contributed by atoms with Gasteiger partial charge in [-0.1, -0.05) is 24.6 Å². The predicted octanol–water partition coefficient (Wildman–Crippen LogP) is 3.21. The van der Waals surface area contributed by atoms with Gasteiger partial charge in [0.15, 0.2) is 5.69 Å². The molecule has 0 radical (unpaired) electrons. The molecule has 0 N–H and O–H groups in total. The van der Waals surface area contributed by atoms with Crippen LogP contribution >= 0.6 is 0 Å². The van der Waals surface area contributed by atoms with Crippen LogP contribution in [0.2, 0.25) is 0 Å². The number of nitrogens with zero attached hydrogens (tertiary/aromatic N) is 5. The van der Waals surface area contributed by atoms with E-state index in [9.17, 15) is 4.79 Å². The lowest BCUT2D eigenvalue weighted by Crippen LogP contribution is -2.28. The molecule has 1 aromatic carbocycles. The summed E-state index contributed by atoms with van der Waals surface area (Å²) >= 11 is 0. The molecule has 0 atom stereocenters. The highest BCUT2D eigenvalue weighted by molar-refractivity contribution is 6.05. The van der Waals surface area contributed by atoms with Crippen LogP contribution in [0, 0.1) is 0 Å². The number of hydrogen-bond acceptors (Lipinski definition) is 4. The fraction of sp³-hybridized carbons (Fsp3) is 0.300. The molecule has 6 heteroatoms. The van der Waals surface area contributed by atoms with E-state index in [1.54, 1.807) is 24.2 Å². The highest BCUT2D eigenvalue weighted by Crippen LogP contribution is 2.27. The Hall–Kier alpha value is -3.02. The van der Waals surface area contributed by atoms with E-state index in [2.05, 4.69) is 9.97 Å². The molecule has 2 aromatic heterocycles. The molecule has 0 unspecified atom stereocenters. The third kappa shape index (κ3) is 2.98. The van der Waals surface area contributed by atoms with Crippen molar-refractivity contribution in [1.29, 1.82) is 0 Å². The van der Waals surface area contributed by atoms with Gasteiger partial charge in [-0.05, 0) is 43.9 Å². The maximum Gasteiger partial charge on any atom is 0.279 e. The predicted molar refractivity (Wildman–Crippen MR) is 99.6 cm³/mol. The second-order valence-electron chi connectivity index (χ2n) is 6.51. The van der Waals surface area contributed by atoms with Crippen LogP contribution in [0.5, 0.6) is 0 Å². The van der Waals surface area contributed by atoms with Gasteiger partial charge in [-0.25, -0.2) is 14.6 Å². The molecule has 0 aliphatic heterocycles. The van der Waals surface area contributed by atoms with Gasteiger partial charge in [0.25, 0.3) is 5.91 Å². The number of benzene rings is 1. The summed E-state index contributed by atoms with van der Waals surface area (Å²) in [4.78, 5) is 22.8. The van der Waals surface area contributed by atoms with Crippen molar-refractivity contribution >= 4 is 11.7 Å². The maximum atomic E-state index is 13.2. The highest BCUT2D eigenvalue weighted by Gasteiger charge is 2.27. The van der Waals surface area contributed by atoms with Crippen molar-refractivity contribution in [2.24, 2.45) is 0 Å². The van der Waals surface area contributed by atoms with Gasteiger partial charge in [-0.15, -0.1) is 0 Å². The molecule has 1 aliphatic rings. The maximum absolute atomic E-state index is 13.2. The van der Waals surface area contributed by atoms with Crippen molar-refractivity contribution < 1.29 is 4.79 Å². The summed E-state index contributed by atoms with van der Waals surface area (Å²) in [5.41, 5.74) is 3.77. The van der Waals surface area contributed by atoms with Gasteiger partial charge in [0, 0.05) is 24.5 Å². The Bertz CT molecular complexity index is 905. The Kier molecular flexibility index (Phi) is 4.48. The fourth-order valence-electron chi connectivity index (χ4n) is 3.48. The van der Waals surface area contributed by atoms with Crippen molar-refractivity contribution in [2.75, 3.05) is 11.9 Å². The second-order valence-corrected chi connectivity index (χ2v) is 6.51. The van der Waals surface area contributed by atoms with E-state index in [0.717, 1.165) is 42.6 Å². The van der Waals surface area contributed by atoms with Crippen LogP contribution < -0.4 is 4.90 Å². The molecule has 6 nitrogen and oxygen atoms in total. The molecule has 0 spiro atoms. The highest BCUT2D eigenvalue weighted by atomic mass is 16.2. The van der Waals surface area contributed by atoms with Crippen molar-refractivity contribution in [3.8, 4) is 5.69 Å². The van der Waals surface area contributed by atoms with Gasteiger partial charge in [-0.2, -0.15) is 5.10 Å². The first-order valence-electron chi connectivity index (χ1n) is 8.96. The molecule has 26 heavy (non-hydrogen) atoms. The van der Waals surface area contributed by atoms with Crippen molar-refractivity contribution in [1.82, 2.24) is 19.7 Å². The average Bonchev–Trinajstić information content (AvgIpc) is 2.89. The molecule has 1 aliphatic carbocycles. The second kappa shape index (κ2) is 7.07. The lowest BCUT2D eigenvalue weighted by Gasteiger charge is -2.15. The third-order valence-electron chi connectivity index (χ3n) is 4.85. The van der Waals surface area contributed by atoms with Crippen LogP contribution in [0.15, 0.2) is 48.9 Å². The smallest absolute Gasteiger partial charge is 0.279 e. The SMILES string of the molecule is CN(C(=O)c1nn(-c2ccccc2)c2c1CCCCC2)c1ccncn1. The number of anilines is 1. The minimum Gasteiger partial charge on any atom is -0.294 e. The Morgan fingerprint density at radius 3 is 2.65 bits per heavy atom. The van der Waals surface area contributed by atoms with Gasteiger partial charge in [0.05, 0.1) is 5.69 Å². The number of aromatic nitrogens is 4. The van der Waals surface area contributed by atoms with Gasteiger partial charge in [-0.3, -0.25) is 9.69 Å². The topological polar surface area (TPSA) is 63.9 Å². The van der Waals surface area contributed by atoms with Crippen molar-refractivity contribution in [3.63, 3.8) is 0 Å². The van der Waals surface area contributed by atoms with Crippen LogP contribution in [0.1, 0.15) is 41.0 Å². The molecule has 0 bridgehead atoms.